The minimum atomic E-state index is -1.01. The van der Waals surface area contributed by atoms with Crippen molar-refractivity contribution < 1.29 is 24.5 Å². The Hall–Kier alpha value is -4.90. The number of ether oxygens (including phenoxy) is 1. The summed E-state index contributed by atoms with van der Waals surface area (Å²) in [5, 5.41) is 32.0. The summed E-state index contributed by atoms with van der Waals surface area (Å²) in [5.41, 5.74) is 4.36. The number of methoxy groups -OCH3 is 1. The number of benzene rings is 2. The van der Waals surface area contributed by atoms with Gasteiger partial charge in [-0.05, 0) is 24.3 Å². The summed E-state index contributed by atoms with van der Waals surface area (Å²) in [5.74, 6) is -0.729. The third-order valence-electron chi connectivity index (χ3n) is 6.40. The lowest BCUT2D eigenvalue weighted by atomic mass is 9.93. The van der Waals surface area contributed by atoms with Crippen LogP contribution in [0.2, 0.25) is 0 Å². The average molecular weight is 515 g/mol. The molecule has 0 unspecified atom stereocenters. The third kappa shape index (κ3) is 4.50. The van der Waals surface area contributed by atoms with Crippen molar-refractivity contribution in [3.05, 3.63) is 77.9 Å². The van der Waals surface area contributed by atoms with Gasteiger partial charge < -0.3 is 29.8 Å². The quantitative estimate of drug-likeness (QED) is 0.221. The molecule has 0 spiro atoms. The number of rotatable bonds is 9. The maximum absolute atomic E-state index is 13.3. The average Bonchev–Trinajstić information content (AvgIpc) is 3.64. The van der Waals surface area contributed by atoms with Crippen molar-refractivity contribution in [1.29, 1.82) is 0 Å². The zero-order valence-electron chi connectivity index (χ0n) is 20.8. The summed E-state index contributed by atoms with van der Waals surface area (Å²) in [4.78, 5) is 27.5. The highest BCUT2D eigenvalue weighted by Crippen LogP contribution is 2.36. The second-order valence-corrected chi connectivity index (χ2v) is 8.69. The van der Waals surface area contributed by atoms with Crippen LogP contribution >= 0.6 is 0 Å². The van der Waals surface area contributed by atoms with Crippen LogP contribution in [-0.2, 0) is 22.7 Å². The minimum absolute atomic E-state index is 0.292. The highest BCUT2D eigenvalue weighted by molar-refractivity contribution is 6.30. The van der Waals surface area contributed by atoms with E-state index in [0.29, 0.717) is 40.3 Å². The molecule has 1 amide bonds. The fraction of sp³-hybridized carbons (Fsp3) is 0.185. The first-order valence-electron chi connectivity index (χ1n) is 11.8. The van der Waals surface area contributed by atoms with Crippen LogP contribution in [0, 0.1) is 0 Å². The second-order valence-electron chi connectivity index (χ2n) is 8.69. The van der Waals surface area contributed by atoms with Crippen LogP contribution in [0.3, 0.4) is 0 Å². The molecule has 5 aromatic rings. The zero-order chi connectivity index (χ0) is 26.8. The predicted molar refractivity (Wildman–Crippen MR) is 142 cm³/mol. The number of hydrogen-bond acceptors (Lipinski definition) is 6. The molecule has 11 heteroatoms. The van der Waals surface area contributed by atoms with Gasteiger partial charge in [-0.2, -0.15) is 0 Å². The van der Waals surface area contributed by atoms with Gasteiger partial charge in [0.25, 0.3) is 5.91 Å². The lowest BCUT2D eigenvalue weighted by molar-refractivity contribution is -0.137. The smallest absolute Gasteiger partial charge is 0.325 e. The summed E-state index contributed by atoms with van der Waals surface area (Å²) < 4.78 is 8.64. The molecule has 0 saturated carbocycles. The van der Waals surface area contributed by atoms with Crippen LogP contribution in [0.25, 0.3) is 33.0 Å². The van der Waals surface area contributed by atoms with Crippen LogP contribution in [0.5, 0.6) is 5.75 Å². The van der Waals surface area contributed by atoms with E-state index in [4.69, 9.17) is 9.84 Å². The monoisotopic (exact) mass is 514 g/mol. The number of carboxylic acid groups (broad SMARTS) is 1. The molecule has 0 saturated heterocycles. The second kappa shape index (κ2) is 10.2. The number of amides is 1. The summed E-state index contributed by atoms with van der Waals surface area (Å²) in [7, 11) is 3.13. The number of hydrogen-bond donors (Lipinski definition) is 4. The maximum Gasteiger partial charge on any atom is 0.325 e. The normalized spacial score (nSPS) is 12.1. The number of aromatic amines is 1. The first kappa shape index (κ1) is 24.8. The highest BCUT2D eigenvalue weighted by Gasteiger charge is 2.24. The van der Waals surface area contributed by atoms with Gasteiger partial charge in [-0.1, -0.05) is 23.4 Å². The van der Waals surface area contributed by atoms with Gasteiger partial charge in [-0.15, -0.1) is 5.10 Å². The van der Waals surface area contributed by atoms with Crippen LogP contribution in [0.15, 0.2) is 61.1 Å². The fourth-order valence-corrected chi connectivity index (χ4v) is 4.70. The number of carboxylic acids is 1. The molecular formula is C27H26N6O5. The molecule has 11 nitrogen and oxygen atoms in total. The SMILES string of the molecule is CNC(=O)/C(=C(\CO)c1cn(Cc2cn(CC(=O)O)nn2)c2ccc(OC)cc12)c1c[nH]c2ccccc12. The molecule has 4 N–H and O–H groups in total. The van der Waals surface area contributed by atoms with E-state index in [1.807, 2.05) is 53.2 Å². The first-order chi connectivity index (χ1) is 18.4. The molecule has 0 fully saturated rings. The number of aromatic nitrogens is 5. The third-order valence-corrected chi connectivity index (χ3v) is 6.40. The molecule has 0 radical (unpaired) electrons. The van der Waals surface area contributed by atoms with E-state index in [-0.39, 0.29) is 12.5 Å². The van der Waals surface area contributed by atoms with Gasteiger partial charge in [0.15, 0.2) is 0 Å². The molecule has 5 rings (SSSR count). The number of nitrogens with one attached hydrogen (secondary N) is 2. The molecule has 0 aliphatic heterocycles. The van der Waals surface area contributed by atoms with E-state index in [1.54, 1.807) is 26.6 Å². The number of carbonyl (C=O) groups is 2. The van der Waals surface area contributed by atoms with Crippen LogP contribution < -0.4 is 10.1 Å². The summed E-state index contributed by atoms with van der Waals surface area (Å²) in [6.45, 7) is -0.393. The number of carbonyl (C=O) groups excluding carboxylic acids is 1. The Labute approximate surface area is 217 Å². The number of aliphatic carboxylic acids is 1. The van der Waals surface area contributed by atoms with Gasteiger partial charge in [0, 0.05) is 57.9 Å². The van der Waals surface area contributed by atoms with E-state index in [0.717, 1.165) is 21.8 Å². The molecular weight excluding hydrogens is 488 g/mol. The highest BCUT2D eigenvalue weighted by atomic mass is 16.5. The minimum Gasteiger partial charge on any atom is -0.497 e. The van der Waals surface area contributed by atoms with Crippen LogP contribution in [0.4, 0.5) is 0 Å². The standard InChI is InChI=1S/C27H26N6O5/c1-28-27(37)26(20-10-29-23-6-4-3-5-18(20)23)22(15-34)21-13-32(24-8-7-17(38-2)9-19(21)24)11-16-12-33(31-30-16)14-25(35)36/h3-10,12-13,29,34H,11,14-15H2,1-2H3,(H,28,37)(H,35,36)/b26-22+. The molecule has 0 atom stereocenters. The number of aliphatic hydroxyl groups excluding tert-OH is 1. The molecule has 3 aromatic heterocycles. The Balaban J connectivity index is 1.71. The van der Waals surface area contributed by atoms with Crippen molar-refractivity contribution in [2.24, 2.45) is 0 Å². The molecule has 0 aliphatic carbocycles. The fourth-order valence-electron chi connectivity index (χ4n) is 4.70. The van der Waals surface area contributed by atoms with Gasteiger partial charge in [-0.25, -0.2) is 4.68 Å². The molecule has 194 valence electrons. The Kier molecular flexibility index (Phi) is 6.67. The molecule has 3 heterocycles. The number of aliphatic hydroxyl groups is 1. The van der Waals surface area contributed by atoms with Crippen LogP contribution in [0.1, 0.15) is 16.8 Å². The molecule has 0 aliphatic rings. The topological polar surface area (TPSA) is 147 Å². The van der Waals surface area contributed by atoms with Crippen molar-refractivity contribution in [3.8, 4) is 5.75 Å². The van der Waals surface area contributed by atoms with E-state index >= 15 is 0 Å². The van der Waals surface area contributed by atoms with E-state index in [2.05, 4.69) is 20.6 Å². The predicted octanol–water partition coefficient (Wildman–Crippen LogP) is 2.50. The van der Waals surface area contributed by atoms with Gasteiger partial charge in [0.1, 0.15) is 18.0 Å². The molecule has 38 heavy (non-hydrogen) atoms. The van der Waals surface area contributed by atoms with Gasteiger partial charge in [0.05, 0.1) is 32.0 Å². The number of likely N-dealkylation sites (N-methyl/N-ethyl adjacent to an activating group) is 1. The van der Waals surface area contributed by atoms with E-state index in [9.17, 15) is 14.7 Å². The Morgan fingerprint density at radius 2 is 1.92 bits per heavy atom. The van der Waals surface area contributed by atoms with Gasteiger partial charge in [-0.3, -0.25) is 9.59 Å². The molecule has 0 bridgehead atoms. The first-order valence-corrected chi connectivity index (χ1v) is 11.8. The zero-order valence-corrected chi connectivity index (χ0v) is 20.8. The van der Waals surface area contributed by atoms with Crippen molar-refractivity contribution in [2.75, 3.05) is 20.8 Å². The maximum atomic E-state index is 13.3. The van der Waals surface area contributed by atoms with Crippen molar-refractivity contribution in [3.63, 3.8) is 0 Å². The Bertz CT molecular complexity index is 1690. The van der Waals surface area contributed by atoms with Crippen LogP contribution in [-0.4, -0.2) is 67.4 Å². The van der Waals surface area contributed by atoms with E-state index < -0.39 is 12.6 Å². The Morgan fingerprint density at radius 3 is 2.66 bits per heavy atom. The van der Waals surface area contributed by atoms with E-state index in [1.165, 1.54) is 4.68 Å². The number of H-pyrrole nitrogens is 1. The van der Waals surface area contributed by atoms with Crippen molar-refractivity contribution >= 4 is 44.8 Å². The van der Waals surface area contributed by atoms with Crippen molar-refractivity contribution in [1.82, 2.24) is 29.9 Å². The molecule has 2 aromatic carbocycles. The number of fused-ring (bicyclic) bond motifs is 2. The lowest BCUT2D eigenvalue weighted by Crippen LogP contribution is -2.21. The number of para-hydroxylation sites is 1. The van der Waals surface area contributed by atoms with Crippen molar-refractivity contribution in [2.45, 2.75) is 13.1 Å². The lowest BCUT2D eigenvalue weighted by Gasteiger charge is -2.13. The summed E-state index contributed by atoms with van der Waals surface area (Å²) in [6, 6.07) is 13.2. The number of nitrogens with zero attached hydrogens (tertiary/aromatic N) is 4. The van der Waals surface area contributed by atoms with Gasteiger partial charge >= 0.3 is 5.97 Å². The Morgan fingerprint density at radius 1 is 1.11 bits per heavy atom. The largest absolute Gasteiger partial charge is 0.497 e. The summed E-state index contributed by atoms with van der Waals surface area (Å²) in [6.07, 6.45) is 5.20. The summed E-state index contributed by atoms with van der Waals surface area (Å²) >= 11 is 0. The van der Waals surface area contributed by atoms with Gasteiger partial charge in [0.2, 0.25) is 0 Å².